The van der Waals surface area contributed by atoms with Crippen LogP contribution >= 0.6 is 24.0 Å². The number of imidazole rings is 1. The minimum atomic E-state index is 0. The Morgan fingerprint density at radius 3 is 2.70 bits per heavy atom. The molecule has 0 aliphatic heterocycles. The highest BCUT2D eigenvalue weighted by Crippen LogP contribution is 2.18. The van der Waals surface area contributed by atoms with Crippen molar-refractivity contribution in [1.29, 1.82) is 0 Å². The normalized spacial score (nSPS) is 11.6. The van der Waals surface area contributed by atoms with Crippen LogP contribution in [0, 0.1) is 6.92 Å². The summed E-state index contributed by atoms with van der Waals surface area (Å²) in [6.07, 6.45) is 4.05. The average Bonchev–Trinajstić information content (AvgIpc) is 3.30. The molecule has 7 heteroatoms. The Balaban J connectivity index is 0.00000256. The van der Waals surface area contributed by atoms with E-state index in [2.05, 4.69) is 85.7 Å². The fourth-order valence-corrected chi connectivity index (χ4v) is 3.80. The van der Waals surface area contributed by atoms with E-state index in [-0.39, 0.29) is 24.0 Å². The first-order valence-corrected chi connectivity index (χ1v) is 10.2. The Bertz CT molecular complexity index is 1130. The second-order valence-electron chi connectivity index (χ2n) is 7.19. The fraction of sp³-hybridized carbons (Fsp3) is 0.304. The largest absolute Gasteiger partial charge is 0.361 e. The van der Waals surface area contributed by atoms with Gasteiger partial charge in [-0.2, -0.15) is 0 Å². The van der Waals surface area contributed by atoms with Crippen LogP contribution in [-0.2, 0) is 13.0 Å². The SMILES string of the molecule is CN=C(NCCCn1c(C)nc2ccccc21)NCCc1c[nH]c2ccccc12.I. The zero-order valence-electron chi connectivity index (χ0n) is 17.5. The molecule has 0 bridgehead atoms. The number of nitrogens with one attached hydrogen (secondary N) is 3. The lowest BCUT2D eigenvalue weighted by atomic mass is 10.1. The molecule has 0 spiro atoms. The third-order valence-electron chi connectivity index (χ3n) is 5.28. The lowest BCUT2D eigenvalue weighted by Gasteiger charge is -2.12. The zero-order chi connectivity index (χ0) is 20.1. The molecule has 0 saturated heterocycles. The number of hydrogen-bond acceptors (Lipinski definition) is 2. The molecule has 6 nitrogen and oxygen atoms in total. The molecule has 2 heterocycles. The van der Waals surface area contributed by atoms with E-state index in [4.69, 9.17) is 0 Å². The van der Waals surface area contributed by atoms with Crippen LogP contribution in [0.1, 0.15) is 17.8 Å². The maximum Gasteiger partial charge on any atom is 0.190 e. The summed E-state index contributed by atoms with van der Waals surface area (Å²) in [6, 6.07) is 16.7. The lowest BCUT2D eigenvalue weighted by Crippen LogP contribution is -2.39. The number of benzene rings is 2. The van der Waals surface area contributed by atoms with E-state index in [9.17, 15) is 0 Å². The second-order valence-corrected chi connectivity index (χ2v) is 7.19. The molecule has 0 radical (unpaired) electrons. The summed E-state index contributed by atoms with van der Waals surface area (Å²) < 4.78 is 2.28. The number of fused-ring (bicyclic) bond motifs is 2. The number of aliphatic imine (C=N–C) groups is 1. The molecular formula is C23H29IN6. The standard InChI is InChI=1S/C23H28N6.HI/c1-17-28-21-10-5-6-11-22(21)29(17)15-7-13-25-23(24-2)26-14-12-18-16-27-20-9-4-3-8-19(18)20;/h3-6,8-11,16,27H,7,12-15H2,1-2H3,(H2,24,25,26);1H. The van der Waals surface area contributed by atoms with Crippen molar-refractivity contribution in [3.63, 3.8) is 0 Å². The molecule has 0 atom stereocenters. The van der Waals surface area contributed by atoms with Gasteiger partial charge in [-0.3, -0.25) is 4.99 Å². The second kappa shape index (κ2) is 10.5. The van der Waals surface area contributed by atoms with Gasteiger partial charge >= 0.3 is 0 Å². The number of H-pyrrole nitrogens is 1. The van der Waals surface area contributed by atoms with Crippen LogP contribution in [0.15, 0.2) is 59.7 Å². The van der Waals surface area contributed by atoms with Gasteiger partial charge in [-0.1, -0.05) is 30.3 Å². The monoisotopic (exact) mass is 516 g/mol. The lowest BCUT2D eigenvalue weighted by molar-refractivity contribution is 0.624. The summed E-state index contributed by atoms with van der Waals surface area (Å²) in [7, 11) is 1.81. The van der Waals surface area contributed by atoms with Crippen LogP contribution in [0.5, 0.6) is 0 Å². The third-order valence-corrected chi connectivity index (χ3v) is 5.28. The van der Waals surface area contributed by atoms with E-state index in [1.807, 2.05) is 13.1 Å². The molecule has 3 N–H and O–H groups in total. The van der Waals surface area contributed by atoms with Crippen molar-refractivity contribution >= 4 is 51.9 Å². The van der Waals surface area contributed by atoms with Crippen molar-refractivity contribution in [3.05, 3.63) is 66.1 Å². The van der Waals surface area contributed by atoms with Gasteiger partial charge in [0.05, 0.1) is 11.0 Å². The number of guanidine groups is 1. The first-order chi connectivity index (χ1) is 14.3. The maximum atomic E-state index is 4.63. The predicted octanol–water partition coefficient (Wildman–Crippen LogP) is 4.24. The Hall–Kier alpha value is -2.55. The molecule has 4 rings (SSSR count). The van der Waals surface area contributed by atoms with E-state index in [0.29, 0.717) is 0 Å². The summed E-state index contributed by atoms with van der Waals surface area (Å²) in [5, 5.41) is 8.12. The number of nitrogens with zero attached hydrogens (tertiary/aromatic N) is 3. The molecule has 2 aromatic heterocycles. The van der Waals surface area contributed by atoms with E-state index in [0.717, 1.165) is 49.8 Å². The minimum absolute atomic E-state index is 0. The molecular weight excluding hydrogens is 487 g/mol. The van der Waals surface area contributed by atoms with Gasteiger partial charge in [0.2, 0.25) is 0 Å². The number of para-hydroxylation sites is 3. The quantitative estimate of drug-likeness (QED) is 0.149. The number of hydrogen-bond donors (Lipinski definition) is 3. The summed E-state index contributed by atoms with van der Waals surface area (Å²) in [4.78, 5) is 12.3. The molecule has 0 saturated carbocycles. The van der Waals surface area contributed by atoms with Crippen LogP contribution in [-0.4, -0.2) is 40.6 Å². The van der Waals surface area contributed by atoms with Gasteiger partial charge in [0.1, 0.15) is 5.82 Å². The first-order valence-electron chi connectivity index (χ1n) is 10.2. The van der Waals surface area contributed by atoms with Crippen LogP contribution in [0.2, 0.25) is 0 Å². The Morgan fingerprint density at radius 2 is 1.83 bits per heavy atom. The highest BCUT2D eigenvalue weighted by atomic mass is 127. The Morgan fingerprint density at radius 1 is 1.07 bits per heavy atom. The third kappa shape index (κ3) is 4.95. The number of aromatic amines is 1. The fourth-order valence-electron chi connectivity index (χ4n) is 3.80. The zero-order valence-corrected chi connectivity index (χ0v) is 19.8. The van der Waals surface area contributed by atoms with Crippen molar-refractivity contribution in [3.8, 4) is 0 Å². The highest BCUT2D eigenvalue weighted by molar-refractivity contribution is 14.0. The molecule has 0 fully saturated rings. The van der Waals surface area contributed by atoms with Gasteiger partial charge in [0.25, 0.3) is 0 Å². The Labute approximate surface area is 194 Å². The maximum absolute atomic E-state index is 4.63. The van der Waals surface area contributed by atoms with E-state index >= 15 is 0 Å². The van der Waals surface area contributed by atoms with Crippen LogP contribution < -0.4 is 10.6 Å². The van der Waals surface area contributed by atoms with Crippen LogP contribution in [0.3, 0.4) is 0 Å². The van der Waals surface area contributed by atoms with Gasteiger partial charge in [0, 0.05) is 43.8 Å². The van der Waals surface area contributed by atoms with Crippen LogP contribution in [0.25, 0.3) is 21.9 Å². The van der Waals surface area contributed by atoms with Gasteiger partial charge < -0.3 is 20.2 Å². The van der Waals surface area contributed by atoms with Gasteiger partial charge in [-0.05, 0) is 43.5 Å². The molecule has 0 unspecified atom stereocenters. The van der Waals surface area contributed by atoms with Crippen LogP contribution in [0.4, 0.5) is 0 Å². The summed E-state index contributed by atoms with van der Waals surface area (Å²) in [5.41, 5.74) is 4.78. The van der Waals surface area contributed by atoms with Crippen molar-refractivity contribution in [2.45, 2.75) is 26.3 Å². The van der Waals surface area contributed by atoms with Crippen molar-refractivity contribution in [1.82, 2.24) is 25.2 Å². The molecule has 158 valence electrons. The van der Waals surface area contributed by atoms with Gasteiger partial charge in [-0.15, -0.1) is 24.0 Å². The van der Waals surface area contributed by atoms with E-state index in [1.165, 1.54) is 22.0 Å². The number of aromatic nitrogens is 3. The molecule has 0 aliphatic rings. The molecule has 0 amide bonds. The molecule has 4 aromatic rings. The predicted molar refractivity (Wildman–Crippen MR) is 136 cm³/mol. The first kappa shape index (κ1) is 22.1. The van der Waals surface area contributed by atoms with Crippen molar-refractivity contribution < 1.29 is 0 Å². The van der Waals surface area contributed by atoms with Gasteiger partial charge in [-0.25, -0.2) is 4.98 Å². The van der Waals surface area contributed by atoms with Crippen molar-refractivity contribution in [2.24, 2.45) is 4.99 Å². The minimum Gasteiger partial charge on any atom is -0.361 e. The molecule has 0 aliphatic carbocycles. The summed E-state index contributed by atoms with van der Waals surface area (Å²) in [5.74, 6) is 1.91. The van der Waals surface area contributed by atoms with E-state index < -0.39 is 0 Å². The summed E-state index contributed by atoms with van der Waals surface area (Å²) in [6.45, 7) is 4.70. The summed E-state index contributed by atoms with van der Waals surface area (Å²) >= 11 is 0. The number of rotatable bonds is 7. The molecule has 30 heavy (non-hydrogen) atoms. The van der Waals surface area contributed by atoms with E-state index in [1.54, 1.807) is 0 Å². The number of halogens is 1. The number of aryl methyl sites for hydroxylation is 2. The van der Waals surface area contributed by atoms with Gasteiger partial charge in [0.15, 0.2) is 5.96 Å². The highest BCUT2D eigenvalue weighted by Gasteiger charge is 2.06. The van der Waals surface area contributed by atoms with Crippen molar-refractivity contribution in [2.75, 3.05) is 20.1 Å². The Kier molecular flexibility index (Phi) is 7.73. The topological polar surface area (TPSA) is 70.0 Å². The average molecular weight is 516 g/mol. The smallest absolute Gasteiger partial charge is 0.190 e. The molecule has 2 aromatic carbocycles.